The van der Waals surface area contributed by atoms with E-state index in [1.807, 2.05) is 18.2 Å². The van der Waals surface area contributed by atoms with Crippen molar-refractivity contribution in [3.8, 4) is 11.5 Å². The van der Waals surface area contributed by atoms with Crippen LogP contribution in [0.3, 0.4) is 0 Å². The molecular weight excluding hydrogens is 326 g/mol. The monoisotopic (exact) mass is 351 g/mol. The molecule has 2 unspecified atom stereocenters. The van der Waals surface area contributed by atoms with E-state index in [1.165, 1.54) is 29.5 Å². The van der Waals surface area contributed by atoms with E-state index in [0.717, 1.165) is 23.5 Å². The first kappa shape index (κ1) is 17.0. The van der Waals surface area contributed by atoms with Crippen LogP contribution in [0.1, 0.15) is 41.6 Å². The van der Waals surface area contributed by atoms with Crippen LogP contribution >= 0.6 is 0 Å². The highest BCUT2D eigenvalue weighted by atomic mass is 16.5. The maximum Gasteiger partial charge on any atom is 0.227 e. The number of hydrogen-bond donors (Lipinski definition) is 1. The van der Waals surface area contributed by atoms with Gasteiger partial charge >= 0.3 is 0 Å². The number of nitrogens with one attached hydrogen (secondary N) is 1. The fraction of sp³-hybridized carbons (Fsp3) is 0.409. The number of para-hydroxylation sites is 1. The summed E-state index contributed by atoms with van der Waals surface area (Å²) in [5, 5.41) is 3.17. The maximum absolute atomic E-state index is 12.8. The standard InChI is InChI=1S/C22H25NO3/c1-14(16-10-9-15-5-3-6-17(15)11-16)23-22(24)19-12-18-7-4-8-20(25-2)21(18)26-13-19/h4,7-11,14,19H,3,5-6,12-13H2,1-2H3,(H,23,24). The van der Waals surface area contributed by atoms with Gasteiger partial charge in [-0.2, -0.15) is 0 Å². The van der Waals surface area contributed by atoms with Gasteiger partial charge in [-0.25, -0.2) is 0 Å². The Morgan fingerprint density at radius 2 is 2.04 bits per heavy atom. The van der Waals surface area contributed by atoms with Crippen molar-refractivity contribution in [1.82, 2.24) is 5.32 Å². The summed E-state index contributed by atoms with van der Waals surface area (Å²) >= 11 is 0. The molecule has 1 amide bonds. The highest BCUT2D eigenvalue weighted by molar-refractivity contribution is 5.80. The molecule has 0 spiro atoms. The predicted molar refractivity (Wildman–Crippen MR) is 101 cm³/mol. The largest absolute Gasteiger partial charge is 0.493 e. The van der Waals surface area contributed by atoms with Crippen LogP contribution in [0.15, 0.2) is 36.4 Å². The van der Waals surface area contributed by atoms with Gasteiger partial charge in [-0.1, -0.05) is 30.3 Å². The number of methoxy groups -OCH3 is 1. The fourth-order valence-corrected chi connectivity index (χ4v) is 4.00. The third-order valence-electron chi connectivity index (χ3n) is 5.53. The van der Waals surface area contributed by atoms with E-state index < -0.39 is 0 Å². The van der Waals surface area contributed by atoms with E-state index in [-0.39, 0.29) is 17.9 Å². The minimum absolute atomic E-state index is 0.0000985. The lowest BCUT2D eigenvalue weighted by molar-refractivity contribution is -0.127. The SMILES string of the molecule is COc1cccc2c1OCC(C(=O)NC(C)c1ccc3c(c1)CCC3)C2. The number of amides is 1. The molecule has 2 aromatic rings. The minimum Gasteiger partial charge on any atom is -0.493 e. The Labute approximate surface area is 154 Å². The Balaban J connectivity index is 1.43. The Morgan fingerprint density at radius 3 is 2.88 bits per heavy atom. The second-order valence-corrected chi connectivity index (χ2v) is 7.27. The molecule has 1 aliphatic heterocycles. The van der Waals surface area contributed by atoms with Crippen LogP contribution in [0, 0.1) is 5.92 Å². The summed E-state index contributed by atoms with van der Waals surface area (Å²) < 4.78 is 11.2. The second-order valence-electron chi connectivity index (χ2n) is 7.27. The molecule has 4 heteroatoms. The summed E-state index contributed by atoms with van der Waals surface area (Å²) in [6.07, 6.45) is 4.24. The topological polar surface area (TPSA) is 47.6 Å². The summed E-state index contributed by atoms with van der Waals surface area (Å²) in [7, 11) is 1.63. The molecular formula is C22H25NO3. The Bertz CT molecular complexity index is 830. The van der Waals surface area contributed by atoms with Crippen LogP contribution < -0.4 is 14.8 Å². The molecule has 0 saturated heterocycles. The van der Waals surface area contributed by atoms with Gasteiger partial charge in [0, 0.05) is 0 Å². The Hall–Kier alpha value is -2.49. The molecule has 0 bridgehead atoms. The molecule has 0 fully saturated rings. The summed E-state index contributed by atoms with van der Waals surface area (Å²) in [6.45, 7) is 2.44. The first-order chi connectivity index (χ1) is 12.7. The number of aryl methyl sites for hydroxylation is 2. The number of carbonyl (C=O) groups excluding carboxylic acids is 1. The van der Waals surface area contributed by atoms with Crippen molar-refractivity contribution in [2.75, 3.05) is 13.7 Å². The van der Waals surface area contributed by atoms with Gasteiger partial charge in [0.1, 0.15) is 6.61 Å². The van der Waals surface area contributed by atoms with Gasteiger partial charge in [0.2, 0.25) is 5.91 Å². The van der Waals surface area contributed by atoms with Gasteiger partial charge in [-0.15, -0.1) is 0 Å². The number of fused-ring (bicyclic) bond motifs is 2. The first-order valence-corrected chi connectivity index (χ1v) is 9.36. The van der Waals surface area contributed by atoms with Gasteiger partial charge < -0.3 is 14.8 Å². The maximum atomic E-state index is 12.8. The van der Waals surface area contributed by atoms with Crippen LogP contribution in [0.4, 0.5) is 0 Å². The zero-order valence-electron chi connectivity index (χ0n) is 15.4. The zero-order chi connectivity index (χ0) is 18.1. The summed E-state index contributed by atoms with van der Waals surface area (Å²) in [5.74, 6) is 1.37. The van der Waals surface area contributed by atoms with Crippen LogP contribution in [-0.2, 0) is 24.1 Å². The molecule has 1 aliphatic carbocycles. The quantitative estimate of drug-likeness (QED) is 0.915. The zero-order valence-corrected chi connectivity index (χ0v) is 15.4. The van der Waals surface area contributed by atoms with Gasteiger partial charge in [0.05, 0.1) is 19.1 Å². The smallest absolute Gasteiger partial charge is 0.227 e. The molecule has 2 atom stereocenters. The lowest BCUT2D eigenvalue weighted by Gasteiger charge is -2.27. The molecule has 0 radical (unpaired) electrons. The number of benzene rings is 2. The normalized spacial score (nSPS) is 19.1. The predicted octanol–water partition coefficient (Wildman–Crippen LogP) is 3.61. The number of carbonyl (C=O) groups is 1. The molecule has 1 heterocycles. The van der Waals surface area contributed by atoms with Crippen LogP contribution in [-0.4, -0.2) is 19.6 Å². The van der Waals surface area contributed by atoms with E-state index in [1.54, 1.807) is 7.11 Å². The summed E-state index contributed by atoms with van der Waals surface area (Å²) in [6, 6.07) is 12.4. The van der Waals surface area contributed by atoms with Crippen molar-refractivity contribution >= 4 is 5.91 Å². The molecule has 0 saturated carbocycles. The highest BCUT2D eigenvalue weighted by Crippen LogP contribution is 2.36. The van der Waals surface area contributed by atoms with E-state index >= 15 is 0 Å². The van der Waals surface area contributed by atoms with Gasteiger partial charge in [0.25, 0.3) is 0 Å². The molecule has 2 aliphatic rings. The van der Waals surface area contributed by atoms with Crippen molar-refractivity contribution in [2.24, 2.45) is 5.92 Å². The molecule has 4 nitrogen and oxygen atoms in total. The molecule has 26 heavy (non-hydrogen) atoms. The molecule has 136 valence electrons. The van der Waals surface area contributed by atoms with Crippen LogP contribution in [0.2, 0.25) is 0 Å². The molecule has 2 aromatic carbocycles. The van der Waals surface area contributed by atoms with E-state index in [2.05, 4.69) is 30.4 Å². The van der Waals surface area contributed by atoms with Crippen LogP contribution in [0.5, 0.6) is 11.5 Å². The fourth-order valence-electron chi connectivity index (χ4n) is 4.00. The Morgan fingerprint density at radius 1 is 1.19 bits per heavy atom. The van der Waals surface area contributed by atoms with Crippen LogP contribution in [0.25, 0.3) is 0 Å². The van der Waals surface area contributed by atoms with Crippen molar-refractivity contribution in [3.05, 3.63) is 58.7 Å². The van der Waals surface area contributed by atoms with Gasteiger partial charge in [-0.05, 0) is 60.9 Å². The third-order valence-corrected chi connectivity index (χ3v) is 5.53. The summed E-state index contributed by atoms with van der Waals surface area (Å²) in [5.41, 5.74) is 5.10. The first-order valence-electron chi connectivity index (χ1n) is 9.36. The lowest BCUT2D eigenvalue weighted by atomic mass is 9.95. The van der Waals surface area contributed by atoms with E-state index in [0.29, 0.717) is 13.0 Å². The van der Waals surface area contributed by atoms with Gasteiger partial charge in [0.15, 0.2) is 11.5 Å². The average molecular weight is 351 g/mol. The van der Waals surface area contributed by atoms with Crippen molar-refractivity contribution in [2.45, 2.75) is 38.6 Å². The number of rotatable bonds is 4. The molecule has 4 rings (SSSR count). The molecule has 0 aromatic heterocycles. The number of ether oxygens (including phenoxy) is 2. The van der Waals surface area contributed by atoms with Crippen molar-refractivity contribution in [3.63, 3.8) is 0 Å². The van der Waals surface area contributed by atoms with E-state index in [9.17, 15) is 4.79 Å². The Kier molecular flexibility index (Phi) is 4.58. The average Bonchev–Trinajstić information content (AvgIpc) is 3.14. The third kappa shape index (κ3) is 3.16. The highest BCUT2D eigenvalue weighted by Gasteiger charge is 2.28. The van der Waals surface area contributed by atoms with E-state index in [4.69, 9.17) is 9.47 Å². The van der Waals surface area contributed by atoms with Gasteiger partial charge in [-0.3, -0.25) is 4.79 Å². The molecule has 1 N–H and O–H groups in total. The minimum atomic E-state index is -0.175. The number of hydrogen-bond acceptors (Lipinski definition) is 3. The second kappa shape index (κ2) is 7.02. The van der Waals surface area contributed by atoms with Crippen molar-refractivity contribution in [1.29, 1.82) is 0 Å². The lowest BCUT2D eigenvalue weighted by Crippen LogP contribution is -2.38. The summed E-state index contributed by atoms with van der Waals surface area (Å²) in [4.78, 5) is 12.8. The van der Waals surface area contributed by atoms with Crippen molar-refractivity contribution < 1.29 is 14.3 Å².